The van der Waals surface area contributed by atoms with E-state index in [0.29, 0.717) is 28.7 Å². The van der Waals surface area contributed by atoms with Crippen LogP contribution in [-0.4, -0.2) is 27.3 Å². The molecule has 1 N–H and O–H groups in total. The Labute approximate surface area is 161 Å². The zero-order valence-electron chi connectivity index (χ0n) is 14.5. The normalized spacial score (nSPS) is 11.2. The minimum absolute atomic E-state index is 0.0646. The van der Waals surface area contributed by atoms with E-state index >= 15 is 0 Å². The molecular formula is C20H11F4N3O2. The van der Waals surface area contributed by atoms with Crippen LogP contribution in [0.5, 0.6) is 5.75 Å². The van der Waals surface area contributed by atoms with Gasteiger partial charge in [0.1, 0.15) is 11.5 Å². The Kier molecular flexibility index (Phi) is 4.71. The van der Waals surface area contributed by atoms with Crippen LogP contribution in [-0.2, 0) is 0 Å². The number of pyridine rings is 2. The third kappa shape index (κ3) is 3.42. The van der Waals surface area contributed by atoms with Gasteiger partial charge < -0.3 is 9.72 Å². The molecule has 0 bridgehead atoms. The number of H-pyrrole nitrogens is 1. The fraction of sp³-hybridized carbons (Fsp3) is 0.0500. The van der Waals surface area contributed by atoms with Crippen molar-refractivity contribution in [2.24, 2.45) is 0 Å². The molecule has 3 aromatic heterocycles. The van der Waals surface area contributed by atoms with Crippen molar-refractivity contribution >= 4 is 16.8 Å². The number of carbonyl (C=O) groups excluding carboxylic acids is 1. The molecule has 4 aromatic rings. The summed E-state index contributed by atoms with van der Waals surface area (Å²) in [4.78, 5) is 23.8. The Morgan fingerprint density at radius 1 is 1.10 bits per heavy atom. The minimum Gasteiger partial charge on any atom is -0.432 e. The van der Waals surface area contributed by atoms with E-state index in [-0.39, 0.29) is 5.56 Å². The predicted molar refractivity (Wildman–Crippen MR) is 95.7 cm³/mol. The van der Waals surface area contributed by atoms with Crippen LogP contribution in [0.3, 0.4) is 0 Å². The molecule has 0 unspecified atom stereocenters. The highest BCUT2D eigenvalue weighted by atomic mass is 19.3. The Hall–Kier alpha value is -3.75. The standard InChI is InChI=1S/C20H11F4N3O2/c21-14-3-4-15(29-20(23)24)17(22)16(14)18(28)13-9-27-19-12(13)6-11(8-26-19)10-2-1-5-25-7-10/h1-9,20H,(H,26,27). The van der Waals surface area contributed by atoms with Crippen LogP contribution in [0.15, 0.2) is 55.1 Å². The highest BCUT2D eigenvalue weighted by Crippen LogP contribution is 2.30. The number of aromatic amines is 1. The van der Waals surface area contributed by atoms with Gasteiger partial charge in [-0.3, -0.25) is 9.78 Å². The second kappa shape index (κ2) is 7.34. The number of nitrogens with zero attached hydrogens (tertiary/aromatic N) is 2. The van der Waals surface area contributed by atoms with E-state index in [2.05, 4.69) is 19.7 Å². The number of nitrogens with one attached hydrogen (secondary N) is 1. The third-order valence-corrected chi connectivity index (χ3v) is 4.27. The third-order valence-electron chi connectivity index (χ3n) is 4.27. The molecule has 0 amide bonds. The van der Waals surface area contributed by atoms with Gasteiger partial charge in [0.15, 0.2) is 11.6 Å². The van der Waals surface area contributed by atoms with Crippen molar-refractivity contribution in [3.05, 3.63) is 77.9 Å². The number of carbonyl (C=O) groups is 1. The molecule has 0 aliphatic carbocycles. The number of ether oxygens (including phenoxy) is 1. The maximum Gasteiger partial charge on any atom is 0.387 e. The summed E-state index contributed by atoms with van der Waals surface area (Å²) in [7, 11) is 0. The summed E-state index contributed by atoms with van der Waals surface area (Å²) in [5.74, 6) is -4.64. The number of alkyl halides is 2. The van der Waals surface area contributed by atoms with Gasteiger partial charge >= 0.3 is 6.61 Å². The van der Waals surface area contributed by atoms with Crippen molar-refractivity contribution in [3.8, 4) is 16.9 Å². The first-order chi connectivity index (χ1) is 14.0. The monoisotopic (exact) mass is 401 g/mol. The molecule has 146 valence electrons. The van der Waals surface area contributed by atoms with Crippen molar-refractivity contribution in [1.82, 2.24) is 15.0 Å². The molecule has 4 rings (SSSR count). The first kappa shape index (κ1) is 18.6. The number of benzene rings is 1. The lowest BCUT2D eigenvalue weighted by molar-refractivity contribution is -0.0523. The van der Waals surface area contributed by atoms with E-state index in [9.17, 15) is 22.4 Å². The lowest BCUT2D eigenvalue weighted by atomic mass is 10.0. The summed E-state index contributed by atoms with van der Waals surface area (Å²) < 4.78 is 57.6. The zero-order valence-corrected chi connectivity index (χ0v) is 14.5. The first-order valence-electron chi connectivity index (χ1n) is 8.30. The fourth-order valence-electron chi connectivity index (χ4n) is 2.95. The summed E-state index contributed by atoms with van der Waals surface area (Å²) in [5, 5.41) is 0.315. The van der Waals surface area contributed by atoms with Crippen LogP contribution in [0.1, 0.15) is 15.9 Å². The van der Waals surface area contributed by atoms with Gasteiger partial charge in [-0.15, -0.1) is 0 Å². The predicted octanol–water partition coefficient (Wildman–Crippen LogP) is 4.74. The summed E-state index contributed by atoms with van der Waals surface area (Å²) in [6.07, 6.45) is 6.01. The zero-order chi connectivity index (χ0) is 20.5. The Balaban J connectivity index is 1.82. The summed E-state index contributed by atoms with van der Waals surface area (Å²) in [6, 6.07) is 6.53. The number of aromatic nitrogens is 3. The number of rotatable bonds is 5. The van der Waals surface area contributed by atoms with Gasteiger partial charge in [-0.1, -0.05) is 6.07 Å². The SMILES string of the molecule is O=C(c1c(F)ccc(OC(F)F)c1F)c1c[nH]c2ncc(-c3cccnc3)cc12. The van der Waals surface area contributed by atoms with Crippen LogP contribution < -0.4 is 4.74 Å². The lowest BCUT2D eigenvalue weighted by Crippen LogP contribution is -2.11. The van der Waals surface area contributed by atoms with Gasteiger partial charge in [0.25, 0.3) is 0 Å². The number of ketones is 1. The van der Waals surface area contributed by atoms with Crippen molar-refractivity contribution in [1.29, 1.82) is 0 Å². The van der Waals surface area contributed by atoms with Gasteiger partial charge in [0, 0.05) is 46.9 Å². The Bertz CT molecular complexity index is 1210. The highest BCUT2D eigenvalue weighted by molar-refractivity contribution is 6.16. The van der Waals surface area contributed by atoms with Gasteiger partial charge in [-0.05, 0) is 24.3 Å². The van der Waals surface area contributed by atoms with Gasteiger partial charge in [0.2, 0.25) is 5.78 Å². The lowest BCUT2D eigenvalue weighted by Gasteiger charge is -2.10. The molecule has 0 fully saturated rings. The Morgan fingerprint density at radius 2 is 1.93 bits per heavy atom. The molecule has 29 heavy (non-hydrogen) atoms. The minimum atomic E-state index is -3.32. The molecule has 0 saturated carbocycles. The van der Waals surface area contributed by atoms with Crippen LogP contribution >= 0.6 is 0 Å². The largest absolute Gasteiger partial charge is 0.432 e. The van der Waals surface area contributed by atoms with E-state index in [4.69, 9.17) is 0 Å². The van der Waals surface area contributed by atoms with E-state index in [1.54, 1.807) is 36.8 Å². The van der Waals surface area contributed by atoms with Crippen LogP contribution in [0, 0.1) is 11.6 Å². The smallest absolute Gasteiger partial charge is 0.387 e. The van der Waals surface area contributed by atoms with Crippen molar-refractivity contribution in [2.75, 3.05) is 0 Å². The molecular weight excluding hydrogens is 390 g/mol. The average Bonchev–Trinajstić information content (AvgIpc) is 3.14. The number of hydrogen-bond donors (Lipinski definition) is 1. The molecule has 9 heteroatoms. The molecule has 0 radical (unpaired) electrons. The molecule has 0 atom stereocenters. The highest BCUT2D eigenvalue weighted by Gasteiger charge is 2.26. The molecule has 3 heterocycles. The second-order valence-electron chi connectivity index (χ2n) is 6.01. The number of fused-ring (bicyclic) bond motifs is 1. The van der Waals surface area contributed by atoms with Gasteiger partial charge in [-0.2, -0.15) is 8.78 Å². The fourth-order valence-corrected chi connectivity index (χ4v) is 2.95. The summed E-state index contributed by atoms with van der Waals surface area (Å²) in [6.45, 7) is -3.32. The van der Waals surface area contributed by atoms with E-state index in [0.717, 1.165) is 5.56 Å². The van der Waals surface area contributed by atoms with Crippen molar-refractivity contribution in [3.63, 3.8) is 0 Å². The van der Waals surface area contributed by atoms with Crippen LogP contribution in [0.25, 0.3) is 22.2 Å². The van der Waals surface area contributed by atoms with E-state index in [1.807, 2.05) is 0 Å². The average molecular weight is 401 g/mol. The van der Waals surface area contributed by atoms with E-state index in [1.165, 1.54) is 6.20 Å². The Morgan fingerprint density at radius 3 is 2.66 bits per heavy atom. The maximum absolute atomic E-state index is 14.5. The molecule has 0 spiro atoms. The van der Waals surface area contributed by atoms with Crippen molar-refractivity contribution < 1.29 is 27.1 Å². The van der Waals surface area contributed by atoms with Gasteiger partial charge in [0.05, 0.1) is 5.56 Å². The maximum atomic E-state index is 14.5. The summed E-state index contributed by atoms with van der Waals surface area (Å²) >= 11 is 0. The van der Waals surface area contributed by atoms with Crippen LogP contribution in [0.2, 0.25) is 0 Å². The quantitative estimate of drug-likeness (QED) is 0.388. The molecule has 0 aliphatic rings. The van der Waals surface area contributed by atoms with E-state index < -0.39 is 35.3 Å². The summed E-state index contributed by atoms with van der Waals surface area (Å²) in [5.41, 5.74) is 0.629. The first-order valence-corrected chi connectivity index (χ1v) is 8.30. The van der Waals surface area contributed by atoms with Crippen molar-refractivity contribution in [2.45, 2.75) is 6.61 Å². The van der Waals surface area contributed by atoms with Gasteiger partial charge in [-0.25, -0.2) is 13.8 Å². The topological polar surface area (TPSA) is 67.9 Å². The number of halogens is 4. The van der Waals surface area contributed by atoms with Crippen LogP contribution in [0.4, 0.5) is 17.6 Å². The molecule has 1 aromatic carbocycles. The molecule has 0 aliphatic heterocycles. The molecule has 0 saturated heterocycles. The number of hydrogen-bond acceptors (Lipinski definition) is 4. The molecule has 5 nitrogen and oxygen atoms in total. The second-order valence-corrected chi connectivity index (χ2v) is 6.01.